The molecule has 31 heavy (non-hydrogen) atoms. The van der Waals surface area contributed by atoms with Gasteiger partial charge in [0.15, 0.2) is 0 Å². The summed E-state index contributed by atoms with van der Waals surface area (Å²) < 4.78 is 46.6. The molecule has 0 saturated heterocycles. The van der Waals surface area contributed by atoms with Crippen molar-refractivity contribution in [1.82, 2.24) is 4.98 Å². The number of carbonyl (C=O) groups excluding carboxylic acids is 2. The van der Waals surface area contributed by atoms with E-state index in [0.29, 0.717) is 36.3 Å². The van der Waals surface area contributed by atoms with E-state index in [1.807, 2.05) is 0 Å². The first-order chi connectivity index (χ1) is 14.7. The summed E-state index contributed by atoms with van der Waals surface area (Å²) in [5, 5.41) is 0. The number of amides is 1. The van der Waals surface area contributed by atoms with E-state index in [9.17, 15) is 22.8 Å². The van der Waals surface area contributed by atoms with Crippen molar-refractivity contribution in [2.75, 3.05) is 0 Å². The van der Waals surface area contributed by atoms with E-state index in [1.165, 1.54) is 30.7 Å². The van der Waals surface area contributed by atoms with Gasteiger partial charge >= 0.3 is 6.18 Å². The quantitative estimate of drug-likeness (QED) is 0.581. The summed E-state index contributed by atoms with van der Waals surface area (Å²) in [6, 6.07) is 11.8. The molecule has 1 aromatic heterocycles. The molecule has 0 bridgehead atoms. The summed E-state index contributed by atoms with van der Waals surface area (Å²) >= 11 is 0. The Morgan fingerprint density at radius 1 is 1.06 bits per heavy atom. The number of rotatable bonds is 6. The second-order valence-corrected chi connectivity index (χ2v) is 7.67. The standard InChI is InChI=1S/C23H19F3N2O3/c24-23(25,26)17-5-2-1-4-16(17)22(10-3-11-22)18(19(29)20(27)30)14-6-8-15(9-7-14)21-28-12-13-31-21/h1-2,4-9,12-13,18H,3,10-11H2,(H2,27,30). The van der Waals surface area contributed by atoms with Gasteiger partial charge in [-0.1, -0.05) is 36.8 Å². The van der Waals surface area contributed by atoms with Crippen LogP contribution in [-0.4, -0.2) is 16.7 Å². The Labute approximate surface area is 176 Å². The maximum atomic E-state index is 13.8. The van der Waals surface area contributed by atoms with Crippen molar-refractivity contribution in [2.45, 2.75) is 36.8 Å². The van der Waals surface area contributed by atoms with Crippen LogP contribution in [0.1, 0.15) is 41.9 Å². The molecule has 1 aliphatic carbocycles. The molecule has 0 spiro atoms. The summed E-state index contributed by atoms with van der Waals surface area (Å²) in [4.78, 5) is 28.9. The number of hydrogen-bond donors (Lipinski definition) is 1. The molecule has 1 saturated carbocycles. The topological polar surface area (TPSA) is 86.2 Å². The number of halogens is 3. The summed E-state index contributed by atoms with van der Waals surface area (Å²) in [6.07, 6.45) is -0.367. The maximum Gasteiger partial charge on any atom is 0.416 e. The normalized spacial score (nSPS) is 16.4. The largest absolute Gasteiger partial charge is 0.445 e. The number of nitrogens with zero attached hydrogens (tertiary/aromatic N) is 1. The van der Waals surface area contributed by atoms with Crippen LogP contribution < -0.4 is 5.73 Å². The fraction of sp³-hybridized carbons (Fsp3) is 0.261. The van der Waals surface area contributed by atoms with Crippen LogP contribution in [0.5, 0.6) is 0 Å². The zero-order valence-corrected chi connectivity index (χ0v) is 16.4. The van der Waals surface area contributed by atoms with E-state index in [4.69, 9.17) is 10.2 Å². The minimum atomic E-state index is -4.59. The number of oxazole rings is 1. The molecule has 0 radical (unpaired) electrons. The van der Waals surface area contributed by atoms with Gasteiger partial charge in [0.05, 0.1) is 17.7 Å². The van der Waals surface area contributed by atoms with Crippen molar-refractivity contribution >= 4 is 11.7 Å². The van der Waals surface area contributed by atoms with E-state index >= 15 is 0 Å². The van der Waals surface area contributed by atoms with Gasteiger partial charge in [0, 0.05) is 11.0 Å². The third-order valence-corrected chi connectivity index (χ3v) is 6.00. The number of primary amides is 1. The van der Waals surface area contributed by atoms with Crippen molar-refractivity contribution in [1.29, 1.82) is 0 Å². The van der Waals surface area contributed by atoms with Gasteiger partial charge in [0.2, 0.25) is 11.7 Å². The van der Waals surface area contributed by atoms with E-state index in [-0.39, 0.29) is 5.56 Å². The molecule has 1 aliphatic rings. The zero-order valence-electron chi connectivity index (χ0n) is 16.4. The fourth-order valence-corrected chi connectivity index (χ4v) is 4.48. The average molecular weight is 428 g/mol. The van der Waals surface area contributed by atoms with Gasteiger partial charge in [-0.3, -0.25) is 9.59 Å². The monoisotopic (exact) mass is 428 g/mol. The lowest BCUT2D eigenvalue weighted by Gasteiger charge is -2.48. The lowest BCUT2D eigenvalue weighted by atomic mass is 9.54. The fourth-order valence-electron chi connectivity index (χ4n) is 4.48. The molecular weight excluding hydrogens is 409 g/mol. The molecule has 1 atom stereocenters. The van der Waals surface area contributed by atoms with Crippen molar-refractivity contribution in [3.8, 4) is 11.5 Å². The van der Waals surface area contributed by atoms with E-state index in [2.05, 4.69) is 4.98 Å². The zero-order chi connectivity index (χ0) is 22.2. The second kappa shape index (κ2) is 7.68. The van der Waals surface area contributed by atoms with Crippen molar-refractivity contribution in [3.63, 3.8) is 0 Å². The molecule has 160 valence electrons. The van der Waals surface area contributed by atoms with E-state index in [1.54, 1.807) is 24.3 Å². The number of hydrogen-bond acceptors (Lipinski definition) is 4. The summed E-state index contributed by atoms with van der Waals surface area (Å²) in [5.41, 5.74) is 4.44. The van der Waals surface area contributed by atoms with Crippen LogP contribution in [0.2, 0.25) is 0 Å². The molecule has 0 aliphatic heterocycles. The van der Waals surface area contributed by atoms with Crippen molar-refractivity contribution in [2.24, 2.45) is 5.73 Å². The lowest BCUT2D eigenvalue weighted by molar-refractivity contribution is -0.141. The number of Topliss-reactive ketones (excluding diaryl/α,β-unsaturated/α-hetero) is 1. The van der Waals surface area contributed by atoms with Gasteiger partial charge in [-0.15, -0.1) is 0 Å². The first-order valence-corrected chi connectivity index (χ1v) is 9.74. The molecule has 5 nitrogen and oxygen atoms in total. The molecular formula is C23H19F3N2O3. The number of alkyl halides is 3. The molecule has 3 aromatic rings. The minimum absolute atomic E-state index is 0.0186. The number of benzene rings is 2. The average Bonchev–Trinajstić information content (AvgIpc) is 3.24. The summed E-state index contributed by atoms with van der Waals surface area (Å²) in [5.74, 6) is -2.83. The molecule has 4 rings (SSSR count). The van der Waals surface area contributed by atoms with E-state index < -0.39 is 34.8 Å². The molecule has 2 N–H and O–H groups in total. The Hall–Kier alpha value is -3.42. The van der Waals surface area contributed by atoms with Gasteiger partial charge in [-0.05, 0) is 42.2 Å². The number of ketones is 1. The Morgan fingerprint density at radius 3 is 2.26 bits per heavy atom. The molecule has 8 heteroatoms. The molecule has 2 aromatic carbocycles. The second-order valence-electron chi connectivity index (χ2n) is 7.67. The molecule has 1 fully saturated rings. The summed E-state index contributed by atoms with van der Waals surface area (Å²) in [6.45, 7) is 0. The molecule has 1 unspecified atom stereocenters. The third-order valence-electron chi connectivity index (χ3n) is 6.00. The van der Waals surface area contributed by atoms with Crippen LogP contribution in [-0.2, 0) is 21.2 Å². The smallest absolute Gasteiger partial charge is 0.416 e. The van der Waals surface area contributed by atoms with Gasteiger partial charge < -0.3 is 10.2 Å². The van der Waals surface area contributed by atoms with Gasteiger partial charge in [-0.2, -0.15) is 13.2 Å². The highest BCUT2D eigenvalue weighted by molar-refractivity contribution is 6.38. The van der Waals surface area contributed by atoms with E-state index in [0.717, 1.165) is 6.07 Å². The van der Waals surface area contributed by atoms with Crippen LogP contribution in [0.4, 0.5) is 13.2 Å². The predicted octanol–water partition coefficient (Wildman–Crippen LogP) is 4.62. The first kappa shape index (κ1) is 20.8. The first-order valence-electron chi connectivity index (χ1n) is 9.74. The number of aromatic nitrogens is 1. The Bertz CT molecular complexity index is 1100. The highest BCUT2D eigenvalue weighted by Gasteiger charge is 2.53. The Morgan fingerprint density at radius 2 is 1.74 bits per heavy atom. The van der Waals surface area contributed by atoms with Crippen LogP contribution in [0.15, 0.2) is 65.4 Å². The van der Waals surface area contributed by atoms with Crippen LogP contribution in [0.25, 0.3) is 11.5 Å². The van der Waals surface area contributed by atoms with Crippen LogP contribution >= 0.6 is 0 Å². The number of nitrogens with two attached hydrogens (primary N) is 1. The Balaban J connectivity index is 1.85. The highest BCUT2D eigenvalue weighted by atomic mass is 19.4. The third kappa shape index (κ3) is 3.62. The van der Waals surface area contributed by atoms with Gasteiger partial charge in [0.25, 0.3) is 5.91 Å². The summed E-state index contributed by atoms with van der Waals surface area (Å²) in [7, 11) is 0. The van der Waals surface area contributed by atoms with Crippen LogP contribution in [0, 0.1) is 0 Å². The van der Waals surface area contributed by atoms with Gasteiger partial charge in [-0.25, -0.2) is 4.98 Å². The molecule has 1 amide bonds. The van der Waals surface area contributed by atoms with Crippen molar-refractivity contribution < 1.29 is 27.2 Å². The predicted molar refractivity (Wildman–Crippen MR) is 106 cm³/mol. The molecule has 1 heterocycles. The van der Waals surface area contributed by atoms with Crippen molar-refractivity contribution in [3.05, 3.63) is 77.7 Å². The highest BCUT2D eigenvalue weighted by Crippen LogP contribution is 2.56. The minimum Gasteiger partial charge on any atom is -0.445 e. The maximum absolute atomic E-state index is 13.8. The lowest BCUT2D eigenvalue weighted by Crippen LogP contribution is -2.48. The number of carbonyl (C=O) groups is 2. The Kier molecular flexibility index (Phi) is 5.16. The SMILES string of the molecule is NC(=O)C(=O)C(c1ccc(-c2ncco2)cc1)C1(c2ccccc2C(F)(F)F)CCC1. The van der Waals surface area contributed by atoms with Crippen LogP contribution in [0.3, 0.4) is 0 Å². The van der Waals surface area contributed by atoms with Gasteiger partial charge in [0.1, 0.15) is 6.26 Å².